The summed E-state index contributed by atoms with van der Waals surface area (Å²) in [5.41, 5.74) is 7.46. The number of anilines is 2. The lowest BCUT2D eigenvalue weighted by molar-refractivity contribution is 0.278. The zero-order valence-corrected chi connectivity index (χ0v) is 8.92. The van der Waals surface area contributed by atoms with E-state index in [0.717, 1.165) is 30.1 Å². The van der Waals surface area contributed by atoms with Crippen molar-refractivity contribution >= 4 is 11.4 Å². The summed E-state index contributed by atoms with van der Waals surface area (Å²) < 4.78 is 5.64. The molecule has 0 radical (unpaired) electrons. The van der Waals surface area contributed by atoms with Crippen molar-refractivity contribution < 1.29 is 4.74 Å². The average Bonchev–Trinajstić information content (AvgIpc) is 2.26. The molecule has 0 aliphatic carbocycles. The Morgan fingerprint density at radius 1 is 1.60 bits per heavy atom. The van der Waals surface area contributed by atoms with Gasteiger partial charge in [0.1, 0.15) is 12.4 Å². The summed E-state index contributed by atoms with van der Waals surface area (Å²) in [5, 5.41) is 6.57. The lowest BCUT2D eigenvalue weighted by Gasteiger charge is -2.27. The highest BCUT2D eigenvalue weighted by molar-refractivity contribution is 5.63. The van der Waals surface area contributed by atoms with Crippen molar-refractivity contribution in [1.82, 2.24) is 5.32 Å². The van der Waals surface area contributed by atoms with E-state index in [9.17, 15) is 0 Å². The molecule has 0 fully saturated rings. The molecule has 0 saturated carbocycles. The molecular weight excluding hydrogens is 190 g/mol. The Kier molecular flexibility index (Phi) is 2.97. The van der Waals surface area contributed by atoms with Crippen LogP contribution in [-0.4, -0.2) is 26.2 Å². The highest BCUT2D eigenvalue weighted by Gasteiger charge is 2.17. The molecule has 1 aliphatic rings. The average molecular weight is 207 g/mol. The molecule has 4 nitrogen and oxygen atoms in total. The Bertz CT molecular complexity index is 341. The molecule has 1 unspecified atom stereocenters. The number of hydrogen-bond donors (Lipinski definition) is 3. The normalized spacial score (nSPS) is 18.9. The highest BCUT2D eigenvalue weighted by Crippen LogP contribution is 2.31. The first-order valence-corrected chi connectivity index (χ1v) is 5.23. The fourth-order valence-electron chi connectivity index (χ4n) is 1.70. The summed E-state index contributed by atoms with van der Waals surface area (Å²) in [6.07, 6.45) is 1.06. The largest absolute Gasteiger partial charge is 0.489 e. The zero-order chi connectivity index (χ0) is 10.7. The second-order valence-electron chi connectivity index (χ2n) is 3.80. The van der Waals surface area contributed by atoms with Gasteiger partial charge < -0.3 is 21.1 Å². The van der Waals surface area contributed by atoms with Crippen LogP contribution < -0.4 is 21.1 Å². The molecule has 0 bridgehead atoms. The van der Waals surface area contributed by atoms with Crippen LogP contribution in [0.15, 0.2) is 18.2 Å². The molecule has 0 aromatic heterocycles. The fraction of sp³-hybridized carbons (Fsp3) is 0.455. The molecule has 1 atom stereocenters. The van der Waals surface area contributed by atoms with E-state index in [-0.39, 0.29) is 0 Å². The maximum absolute atomic E-state index is 5.68. The van der Waals surface area contributed by atoms with Gasteiger partial charge in [-0.15, -0.1) is 0 Å². The van der Waals surface area contributed by atoms with Gasteiger partial charge in [0.25, 0.3) is 0 Å². The van der Waals surface area contributed by atoms with Gasteiger partial charge in [0, 0.05) is 11.8 Å². The molecule has 0 saturated heterocycles. The van der Waals surface area contributed by atoms with Crippen LogP contribution >= 0.6 is 0 Å². The molecular formula is C11H17N3O. The van der Waals surface area contributed by atoms with Crippen molar-refractivity contribution in [2.75, 3.05) is 31.2 Å². The Hall–Kier alpha value is -1.42. The minimum absolute atomic E-state index is 0.383. The molecule has 2 rings (SSSR count). The maximum Gasteiger partial charge on any atom is 0.144 e. The monoisotopic (exact) mass is 207 g/mol. The van der Waals surface area contributed by atoms with Crippen LogP contribution in [0.3, 0.4) is 0 Å². The van der Waals surface area contributed by atoms with Crippen LogP contribution in [0.25, 0.3) is 0 Å². The highest BCUT2D eigenvalue weighted by atomic mass is 16.5. The molecule has 82 valence electrons. The number of rotatable bonds is 3. The number of nitrogens with one attached hydrogen (secondary N) is 2. The Morgan fingerprint density at radius 3 is 3.27 bits per heavy atom. The summed E-state index contributed by atoms with van der Waals surface area (Å²) in [6.45, 7) is 1.70. The van der Waals surface area contributed by atoms with E-state index >= 15 is 0 Å². The molecule has 4 heteroatoms. The van der Waals surface area contributed by atoms with Crippen LogP contribution in [0.4, 0.5) is 11.4 Å². The molecule has 1 aromatic carbocycles. The summed E-state index contributed by atoms with van der Waals surface area (Å²) in [6, 6.07) is 6.09. The van der Waals surface area contributed by atoms with Gasteiger partial charge in [0.05, 0.1) is 11.7 Å². The smallest absolute Gasteiger partial charge is 0.144 e. The molecule has 1 heterocycles. The van der Waals surface area contributed by atoms with Crippen LogP contribution in [-0.2, 0) is 0 Å². The van der Waals surface area contributed by atoms with E-state index in [2.05, 4.69) is 10.6 Å². The lowest BCUT2D eigenvalue weighted by Crippen LogP contribution is -2.33. The SMILES string of the molecule is CNCCC1COc2cc(N)ccc2N1. The van der Waals surface area contributed by atoms with Crippen LogP contribution in [0, 0.1) is 0 Å². The third-order valence-electron chi connectivity index (χ3n) is 2.55. The number of nitrogens with two attached hydrogens (primary N) is 1. The molecule has 0 amide bonds. The second kappa shape index (κ2) is 4.40. The van der Waals surface area contributed by atoms with Crippen LogP contribution in [0.1, 0.15) is 6.42 Å². The van der Waals surface area contributed by atoms with E-state index in [1.54, 1.807) is 0 Å². The van der Waals surface area contributed by atoms with Gasteiger partial charge in [-0.3, -0.25) is 0 Å². The first-order valence-electron chi connectivity index (χ1n) is 5.23. The molecule has 15 heavy (non-hydrogen) atoms. The summed E-state index contributed by atoms with van der Waals surface area (Å²) >= 11 is 0. The number of ether oxygens (including phenoxy) is 1. The lowest BCUT2D eigenvalue weighted by atomic mass is 10.1. The number of fused-ring (bicyclic) bond motifs is 1. The van der Waals surface area contributed by atoms with Gasteiger partial charge in [-0.2, -0.15) is 0 Å². The summed E-state index contributed by atoms with van der Waals surface area (Å²) in [4.78, 5) is 0. The van der Waals surface area contributed by atoms with E-state index < -0.39 is 0 Å². The molecule has 4 N–H and O–H groups in total. The quantitative estimate of drug-likeness (QED) is 0.648. The predicted molar refractivity (Wildman–Crippen MR) is 62.3 cm³/mol. The van der Waals surface area contributed by atoms with Gasteiger partial charge in [-0.05, 0) is 32.1 Å². The Balaban J connectivity index is 2.03. The summed E-state index contributed by atoms with van der Waals surface area (Å²) in [5.74, 6) is 0.857. The van der Waals surface area contributed by atoms with Crippen LogP contribution in [0.2, 0.25) is 0 Å². The van der Waals surface area contributed by atoms with E-state index in [1.165, 1.54) is 0 Å². The first kappa shape index (κ1) is 10.1. The van der Waals surface area contributed by atoms with Crippen molar-refractivity contribution in [3.05, 3.63) is 18.2 Å². The topological polar surface area (TPSA) is 59.3 Å². The first-order chi connectivity index (χ1) is 7.29. The van der Waals surface area contributed by atoms with Gasteiger partial charge in [0.15, 0.2) is 0 Å². The number of hydrogen-bond acceptors (Lipinski definition) is 4. The Morgan fingerprint density at radius 2 is 2.47 bits per heavy atom. The molecule has 0 spiro atoms. The third kappa shape index (κ3) is 2.33. The minimum atomic E-state index is 0.383. The van der Waals surface area contributed by atoms with E-state index in [1.807, 2.05) is 25.2 Å². The number of nitrogen functional groups attached to an aromatic ring is 1. The Labute approximate surface area is 89.8 Å². The van der Waals surface area contributed by atoms with Gasteiger partial charge in [-0.1, -0.05) is 0 Å². The predicted octanol–water partition coefficient (Wildman–Crippen LogP) is 1.05. The van der Waals surface area contributed by atoms with Crippen molar-refractivity contribution in [2.45, 2.75) is 12.5 Å². The van der Waals surface area contributed by atoms with Crippen molar-refractivity contribution in [1.29, 1.82) is 0 Å². The fourth-order valence-corrected chi connectivity index (χ4v) is 1.70. The maximum atomic E-state index is 5.68. The van der Waals surface area contributed by atoms with Crippen LogP contribution in [0.5, 0.6) is 5.75 Å². The van der Waals surface area contributed by atoms with E-state index in [4.69, 9.17) is 10.5 Å². The molecule has 1 aliphatic heterocycles. The van der Waals surface area contributed by atoms with E-state index in [0.29, 0.717) is 12.6 Å². The van der Waals surface area contributed by atoms with Gasteiger partial charge >= 0.3 is 0 Å². The third-order valence-corrected chi connectivity index (χ3v) is 2.55. The van der Waals surface area contributed by atoms with Crippen molar-refractivity contribution in [2.24, 2.45) is 0 Å². The zero-order valence-electron chi connectivity index (χ0n) is 8.92. The van der Waals surface area contributed by atoms with Gasteiger partial charge in [0.2, 0.25) is 0 Å². The number of benzene rings is 1. The van der Waals surface area contributed by atoms with Crippen molar-refractivity contribution in [3.63, 3.8) is 0 Å². The van der Waals surface area contributed by atoms with Gasteiger partial charge in [-0.25, -0.2) is 0 Å². The summed E-state index contributed by atoms with van der Waals surface area (Å²) in [7, 11) is 1.96. The van der Waals surface area contributed by atoms with Crippen molar-refractivity contribution in [3.8, 4) is 5.75 Å². The molecule has 1 aromatic rings. The minimum Gasteiger partial charge on any atom is -0.489 e. The standard InChI is InChI=1S/C11H17N3O/c1-13-5-4-9-7-15-11-6-8(12)2-3-10(11)14-9/h2-3,6,9,13-14H,4-5,7,12H2,1H3. The second-order valence-corrected chi connectivity index (χ2v) is 3.80.